The number of ether oxygens (including phenoxy) is 2. The number of rotatable bonds is 4. The average Bonchev–Trinajstić information content (AvgIpc) is 2.99. The predicted octanol–water partition coefficient (Wildman–Crippen LogP) is 3.26. The number of para-hydroxylation sites is 1. The van der Waals surface area contributed by atoms with Gasteiger partial charge in [-0.2, -0.15) is 5.01 Å². The maximum absolute atomic E-state index is 11.8. The van der Waals surface area contributed by atoms with Crippen LogP contribution in [0.3, 0.4) is 0 Å². The van der Waals surface area contributed by atoms with Crippen molar-refractivity contribution in [2.75, 3.05) is 6.61 Å². The minimum atomic E-state index is -0.539. The average molecular weight is 310 g/mol. The smallest absolute Gasteiger partial charge is 0.247 e. The van der Waals surface area contributed by atoms with E-state index in [1.807, 2.05) is 61.5 Å². The summed E-state index contributed by atoms with van der Waals surface area (Å²) in [6.07, 6.45) is -0.539. The topological polar surface area (TPSA) is 51.1 Å². The van der Waals surface area contributed by atoms with Crippen LogP contribution in [0.15, 0.2) is 59.7 Å². The molecule has 0 bridgehead atoms. The van der Waals surface area contributed by atoms with Crippen LogP contribution < -0.4 is 4.74 Å². The third kappa shape index (κ3) is 3.51. The van der Waals surface area contributed by atoms with Gasteiger partial charge in [-0.15, -0.1) is 5.10 Å². The van der Waals surface area contributed by atoms with E-state index in [-0.39, 0.29) is 12.5 Å². The van der Waals surface area contributed by atoms with Crippen molar-refractivity contribution in [2.45, 2.75) is 20.1 Å². The lowest BCUT2D eigenvalue weighted by atomic mass is 10.1. The Morgan fingerprint density at radius 3 is 2.52 bits per heavy atom. The predicted molar refractivity (Wildman–Crippen MR) is 86.9 cm³/mol. The number of benzene rings is 2. The number of carbonyl (C=O) groups excluding carboxylic acids is 1. The van der Waals surface area contributed by atoms with E-state index >= 15 is 0 Å². The first kappa shape index (κ1) is 15.1. The Hall–Kier alpha value is -2.82. The van der Waals surface area contributed by atoms with E-state index in [0.29, 0.717) is 5.90 Å². The first-order chi connectivity index (χ1) is 11.1. The molecule has 3 rings (SSSR count). The van der Waals surface area contributed by atoms with Crippen LogP contribution >= 0.6 is 0 Å². The summed E-state index contributed by atoms with van der Waals surface area (Å²) in [5, 5.41) is 5.58. The zero-order valence-electron chi connectivity index (χ0n) is 13.1. The van der Waals surface area contributed by atoms with Crippen molar-refractivity contribution >= 4 is 11.8 Å². The first-order valence-corrected chi connectivity index (χ1v) is 7.42. The SMILES string of the molecule is CC(=O)N1N=C(COc2ccccc2)O[C@@H]1c1ccc(C)cc1. The van der Waals surface area contributed by atoms with Gasteiger partial charge in [0.1, 0.15) is 5.75 Å². The lowest BCUT2D eigenvalue weighted by molar-refractivity contribution is -0.135. The molecule has 118 valence electrons. The van der Waals surface area contributed by atoms with Gasteiger partial charge in [-0.3, -0.25) is 4.79 Å². The van der Waals surface area contributed by atoms with E-state index in [1.165, 1.54) is 11.9 Å². The number of hydrogen-bond donors (Lipinski definition) is 0. The summed E-state index contributed by atoms with van der Waals surface area (Å²) in [5.74, 6) is 0.937. The van der Waals surface area contributed by atoms with Gasteiger partial charge in [0.25, 0.3) is 0 Å². The summed E-state index contributed by atoms with van der Waals surface area (Å²) in [5.41, 5.74) is 2.03. The molecule has 23 heavy (non-hydrogen) atoms. The van der Waals surface area contributed by atoms with Crippen molar-refractivity contribution in [1.29, 1.82) is 0 Å². The number of amides is 1. The van der Waals surface area contributed by atoms with Crippen LogP contribution in [0.5, 0.6) is 5.75 Å². The van der Waals surface area contributed by atoms with Crippen LogP contribution in [0.2, 0.25) is 0 Å². The second-order valence-electron chi connectivity index (χ2n) is 5.34. The zero-order chi connectivity index (χ0) is 16.2. The molecule has 0 spiro atoms. The summed E-state index contributed by atoms with van der Waals surface area (Å²) in [6.45, 7) is 3.66. The highest BCUT2D eigenvalue weighted by Gasteiger charge is 2.32. The maximum atomic E-state index is 11.8. The molecule has 1 aliphatic rings. The molecule has 0 N–H and O–H groups in total. The number of hydrazone groups is 1. The van der Waals surface area contributed by atoms with Crippen LogP contribution in [0.25, 0.3) is 0 Å². The Labute approximate surface area is 135 Å². The highest BCUT2D eigenvalue weighted by molar-refractivity contribution is 5.83. The number of hydrogen-bond acceptors (Lipinski definition) is 4. The van der Waals surface area contributed by atoms with E-state index in [4.69, 9.17) is 9.47 Å². The number of carbonyl (C=O) groups is 1. The summed E-state index contributed by atoms with van der Waals surface area (Å²) >= 11 is 0. The van der Waals surface area contributed by atoms with E-state index < -0.39 is 6.23 Å². The molecule has 1 aliphatic heterocycles. The molecule has 0 saturated carbocycles. The lowest BCUT2D eigenvalue weighted by Crippen LogP contribution is -2.25. The zero-order valence-corrected chi connectivity index (χ0v) is 13.1. The van der Waals surface area contributed by atoms with Crippen molar-refractivity contribution in [1.82, 2.24) is 5.01 Å². The molecule has 2 aromatic carbocycles. The molecule has 0 radical (unpaired) electrons. The van der Waals surface area contributed by atoms with Crippen LogP contribution in [-0.4, -0.2) is 23.4 Å². The fourth-order valence-corrected chi connectivity index (χ4v) is 2.28. The van der Waals surface area contributed by atoms with Crippen molar-refractivity contribution in [3.8, 4) is 5.75 Å². The van der Waals surface area contributed by atoms with Gasteiger partial charge in [-0.1, -0.05) is 48.0 Å². The summed E-state index contributed by atoms with van der Waals surface area (Å²) in [6, 6.07) is 17.3. The molecule has 5 heteroatoms. The fraction of sp³-hybridized carbons (Fsp3) is 0.222. The Morgan fingerprint density at radius 1 is 1.17 bits per heavy atom. The lowest BCUT2D eigenvalue weighted by Gasteiger charge is -2.19. The summed E-state index contributed by atoms with van der Waals surface area (Å²) in [4.78, 5) is 11.8. The monoisotopic (exact) mass is 310 g/mol. The standard InChI is InChI=1S/C18H18N2O3/c1-13-8-10-15(11-9-13)18-20(14(2)21)19-17(23-18)12-22-16-6-4-3-5-7-16/h3-11,18H,12H2,1-2H3/t18-/m1/s1. The van der Waals surface area contributed by atoms with Crippen molar-refractivity contribution in [3.05, 3.63) is 65.7 Å². The Bertz CT molecular complexity index is 711. The van der Waals surface area contributed by atoms with Gasteiger partial charge in [0.2, 0.25) is 18.0 Å². The minimum absolute atomic E-state index is 0.176. The summed E-state index contributed by atoms with van der Waals surface area (Å²) < 4.78 is 11.4. The molecule has 1 atom stereocenters. The maximum Gasteiger partial charge on any atom is 0.247 e. The Balaban J connectivity index is 1.72. The van der Waals surface area contributed by atoms with Crippen LogP contribution in [0.4, 0.5) is 0 Å². The largest absolute Gasteiger partial charge is 0.484 e. The van der Waals surface area contributed by atoms with Crippen LogP contribution in [-0.2, 0) is 9.53 Å². The second-order valence-corrected chi connectivity index (χ2v) is 5.34. The van der Waals surface area contributed by atoms with E-state index in [9.17, 15) is 4.79 Å². The summed E-state index contributed by atoms with van der Waals surface area (Å²) in [7, 11) is 0. The molecule has 2 aromatic rings. The van der Waals surface area contributed by atoms with Crippen LogP contribution in [0.1, 0.15) is 24.3 Å². The van der Waals surface area contributed by atoms with Gasteiger partial charge in [0, 0.05) is 12.5 Å². The van der Waals surface area contributed by atoms with Gasteiger partial charge < -0.3 is 9.47 Å². The van der Waals surface area contributed by atoms with Gasteiger partial charge in [0.05, 0.1) is 0 Å². The molecular weight excluding hydrogens is 292 g/mol. The molecule has 0 unspecified atom stereocenters. The molecule has 0 aromatic heterocycles. The highest BCUT2D eigenvalue weighted by Crippen LogP contribution is 2.28. The Morgan fingerprint density at radius 2 is 1.87 bits per heavy atom. The van der Waals surface area contributed by atoms with Crippen LogP contribution in [0, 0.1) is 6.92 Å². The highest BCUT2D eigenvalue weighted by atomic mass is 16.6. The van der Waals surface area contributed by atoms with Gasteiger partial charge in [-0.25, -0.2) is 0 Å². The van der Waals surface area contributed by atoms with Crippen molar-refractivity contribution in [3.63, 3.8) is 0 Å². The van der Waals surface area contributed by atoms with Gasteiger partial charge >= 0.3 is 0 Å². The van der Waals surface area contributed by atoms with Gasteiger partial charge in [0.15, 0.2) is 6.61 Å². The normalized spacial score (nSPS) is 16.7. The van der Waals surface area contributed by atoms with Gasteiger partial charge in [-0.05, 0) is 19.1 Å². The molecule has 1 amide bonds. The van der Waals surface area contributed by atoms with Crippen molar-refractivity contribution in [2.24, 2.45) is 5.10 Å². The molecule has 0 aliphatic carbocycles. The van der Waals surface area contributed by atoms with E-state index in [0.717, 1.165) is 16.9 Å². The first-order valence-electron chi connectivity index (χ1n) is 7.42. The molecule has 5 nitrogen and oxygen atoms in total. The third-order valence-electron chi connectivity index (χ3n) is 3.48. The van der Waals surface area contributed by atoms with Crippen molar-refractivity contribution < 1.29 is 14.3 Å². The third-order valence-corrected chi connectivity index (χ3v) is 3.48. The number of nitrogens with zero attached hydrogens (tertiary/aromatic N) is 2. The molecular formula is C18H18N2O3. The molecule has 0 fully saturated rings. The van der Waals surface area contributed by atoms with E-state index in [1.54, 1.807) is 0 Å². The quantitative estimate of drug-likeness (QED) is 0.871. The van der Waals surface area contributed by atoms with E-state index in [2.05, 4.69) is 5.10 Å². The minimum Gasteiger partial charge on any atom is -0.484 e. The Kier molecular flexibility index (Phi) is 4.28. The molecule has 1 heterocycles. The fourth-order valence-electron chi connectivity index (χ4n) is 2.28. The second kappa shape index (κ2) is 6.52. The molecule has 0 saturated heterocycles. The number of aryl methyl sites for hydroxylation is 1.